The van der Waals surface area contributed by atoms with Gasteiger partial charge in [-0.05, 0) is 43.0 Å². The van der Waals surface area contributed by atoms with Gasteiger partial charge in [-0.15, -0.1) is 12.4 Å². The van der Waals surface area contributed by atoms with Crippen LogP contribution in [0.25, 0.3) is 0 Å². The standard InChI is InChI=1S/C18H26ClN5O.ClH/c19-14-7-9-15(10-8-14)25-12-4-11-21-18-23-16(22-17(20)24-18)13-5-2-1-3-6-13;/h7-10,13,16H,1-6,11-12H2,(H4,20,21,22,23,24);1H. The molecule has 2 aliphatic rings. The monoisotopic (exact) mass is 399 g/mol. The largest absolute Gasteiger partial charge is 0.494 e. The highest BCUT2D eigenvalue weighted by Crippen LogP contribution is 2.27. The first-order chi connectivity index (χ1) is 12.2. The molecule has 1 fully saturated rings. The number of nitrogens with one attached hydrogen (secondary N) is 2. The van der Waals surface area contributed by atoms with E-state index < -0.39 is 0 Å². The lowest BCUT2D eigenvalue weighted by atomic mass is 9.87. The van der Waals surface area contributed by atoms with Crippen LogP contribution < -0.4 is 21.1 Å². The van der Waals surface area contributed by atoms with Crippen LogP contribution in [0.5, 0.6) is 5.75 Å². The molecule has 1 aromatic rings. The molecule has 0 bridgehead atoms. The summed E-state index contributed by atoms with van der Waals surface area (Å²) in [5.41, 5.74) is 5.92. The molecular formula is C18H27Cl2N5O. The summed E-state index contributed by atoms with van der Waals surface area (Å²) < 4.78 is 5.67. The van der Waals surface area contributed by atoms with Crippen molar-refractivity contribution in [3.8, 4) is 5.75 Å². The molecule has 1 aliphatic heterocycles. The summed E-state index contributed by atoms with van der Waals surface area (Å²) in [6, 6.07) is 7.37. The molecule has 0 saturated heterocycles. The summed E-state index contributed by atoms with van der Waals surface area (Å²) in [6.07, 6.45) is 7.16. The van der Waals surface area contributed by atoms with Gasteiger partial charge in [0, 0.05) is 18.0 Å². The topological polar surface area (TPSA) is 84.0 Å². The molecule has 1 atom stereocenters. The number of ether oxygens (including phenoxy) is 1. The lowest BCUT2D eigenvalue weighted by Crippen LogP contribution is -2.55. The van der Waals surface area contributed by atoms with E-state index in [1.54, 1.807) is 0 Å². The predicted molar refractivity (Wildman–Crippen MR) is 109 cm³/mol. The Bertz CT molecular complexity index is 615. The van der Waals surface area contributed by atoms with Crippen molar-refractivity contribution in [1.82, 2.24) is 10.6 Å². The second-order valence-corrected chi connectivity index (χ2v) is 6.95. The van der Waals surface area contributed by atoms with Gasteiger partial charge in [-0.3, -0.25) is 10.3 Å². The maximum atomic E-state index is 5.92. The number of halogens is 2. The first-order valence-electron chi connectivity index (χ1n) is 9.00. The van der Waals surface area contributed by atoms with Gasteiger partial charge in [-0.1, -0.05) is 30.9 Å². The lowest BCUT2D eigenvalue weighted by Gasteiger charge is -2.32. The number of hydrogen-bond acceptors (Lipinski definition) is 4. The Balaban J connectivity index is 0.00000243. The predicted octanol–water partition coefficient (Wildman–Crippen LogP) is 3.30. The van der Waals surface area contributed by atoms with E-state index in [0.29, 0.717) is 30.1 Å². The average Bonchev–Trinajstić information content (AvgIpc) is 2.63. The molecule has 8 heteroatoms. The van der Waals surface area contributed by atoms with E-state index in [4.69, 9.17) is 22.1 Å². The Morgan fingerprint density at radius 3 is 2.65 bits per heavy atom. The minimum Gasteiger partial charge on any atom is -0.494 e. The fraction of sp³-hybridized carbons (Fsp3) is 0.556. The molecular weight excluding hydrogens is 373 g/mol. The maximum Gasteiger partial charge on any atom is 0.199 e. The van der Waals surface area contributed by atoms with Crippen molar-refractivity contribution in [3.63, 3.8) is 0 Å². The Morgan fingerprint density at radius 1 is 1.19 bits per heavy atom. The quantitative estimate of drug-likeness (QED) is 0.640. The van der Waals surface area contributed by atoms with E-state index in [-0.39, 0.29) is 18.6 Å². The summed E-state index contributed by atoms with van der Waals surface area (Å²) in [5.74, 6) is 2.53. The van der Waals surface area contributed by atoms with Crippen LogP contribution in [-0.2, 0) is 0 Å². The van der Waals surface area contributed by atoms with Gasteiger partial charge >= 0.3 is 0 Å². The van der Waals surface area contributed by atoms with Crippen LogP contribution in [0.15, 0.2) is 34.3 Å². The van der Waals surface area contributed by atoms with Crippen molar-refractivity contribution >= 4 is 35.9 Å². The molecule has 0 spiro atoms. The molecule has 6 nitrogen and oxygen atoms in total. The van der Waals surface area contributed by atoms with E-state index in [1.807, 2.05) is 24.3 Å². The average molecular weight is 400 g/mol. The number of nitrogens with two attached hydrogens (primary N) is 1. The minimum absolute atomic E-state index is 0. The first kappa shape index (κ1) is 20.6. The van der Waals surface area contributed by atoms with Gasteiger partial charge in [-0.2, -0.15) is 0 Å². The molecule has 1 unspecified atom stereocenters. The van der Waals surface area contributed by atoms with Crippen LogP contribution in [0.4, 0.5) is 0 Å². The van der Waals surface area contributed by atoms with Crippen molar-refractivity contribution < 1.29 is 4.74 Å². The van der Waals surface area contributed by atoms with Crippen molar-refractivity contribution in [2.75, 3.05) is 13.2 Å². The molecule has 1 aromatic carbocycles. The van der Waals surface area contributed by atoms with Crippen molar-refractivity contribution in [2.45, 2.75) is 44.7 Å². The van der Waals surface area contributed by atoms with Crippen LogP contribution in [-0.4, -0.2) is 31.2 Å². The Hall–Kier alpha value is -1.66. The summed E-state index contributed by atoms with van der Waals surface area (Å²) in [5, 5.41) is 7.10. The van der Waals surface area contributed by atoms with Crippen molar-refractivity contribution in [1.29, 1.82) is 0 Å². The molecule has 1 saturated carbocycles. The van der Waals surface area contributed by atoms with Gasteiger partial charge in [0.25, 0.3) is 0 Å². The van der Waals surface area contributed by atoms with Crippen molar-refractivity contribution in [3.05, 3.63) is 29.3 Å². The fourth-order valence-electron chi connectivity index (χ4n) is 3.25. The third kappa shape index (κ3) is 6.25. The first-order valence-corrected chi connectivity index (χ1v) is 9.38. The van der Waals surface area contributed by atoms with Crippen LogP contribution in [0.2, 0.25) is 5.02 Å². The van der Waals surface area contributed by atoms with E-state index in [2.05, 4.69) is 20.6 Å². The molecule has 0 radical (unpaired) electrons. The van der Waals surface area contributed by atoms with Crippen LogP contribution in [0.1, 0.15) is 38.5 Å². The number of nitrogens with zero attached hydrogens (tertiary/aromatic N) is 2. The van der Waals surface area contributed by atoms with Gasteiger partial charge in [0.05, 0.1) is 6.61 Å². The molecule has 144 valence electrons. The second-order valence-electron chi connectivity index (χ2n) is 6.51. The normalized spacial score (nSPS) is 22.0. The van der Waals surface area contributed by atoms with Gasteiger partial charge in [0.1, 0.15) is 11.9 Å². The Kier molecular flexibility index (Phi) is 8.32. The summed E-state index contributed by atoms with van der Waals surface area (Å²) in [7, 11) is 0. The smallest absolute Gasteiger partial charge is 0.199 e. The molecule has 1 aliphatic carbocycles. The van der Waals surface area contributed by atoms with Crippen molar-refractivity contribution in [2.24, 2.45) is 21.6 Å². The zero-order chi connectivity index (χ0) is 17.5. The number of benzene rings is 1. The molecule has 4 N–H and O–H groups in total. The maximum absolute atomic E-state index is 5.92. The van der Waals surface area contributed by atoms with Crippen LogP contribution in [0.3, 0.4) is 0 Å². The number of aliphatic imine (C=N–C) groups is 2. The van der Waals surface area contributed by atoms with Crippen LogP contribution in [0, 0.1) is 5.92 Å². The third-order valence-corrected chi connectivity index (χ3v) is 4.81. The van der Waals surface area contributed by atoms with E-state index in [9.17, 15) is 0 Å². The molecule has 26 heavy (non-hydrogen) atoms. The lowest BCUT2D eigenvalue weighted by molar-refractivity contribution is 0.290. The summed E-state index contributed by atoms with van der Waals surface area (Å²) in [6.45, 7) is 1.27. The highest BCUT2D eigenvalue weighted by Gasteiger charge is 2.26. The minimum atomic E-state index is 0. The highest BCUT2D eigenvalue weighted by molar-refractivity contribution is 6.30. The zero-order valence-corrected chi connectivity index (χ0v) is 16.4. The molecule has 0 amide bonds. The van der Waals surface area contributed by atoms with Gasteiger partial charge in [0.15, 0.2) is 11.9 Å². The second kappa shape index (κ2) is 10.5. The number of hydrogen-bond donors (Lipinski definition) is 3. The van der Waals surface area contributed by atoms with E-state index in [0.717, 1.165) is 18.1 Å². The Morgan fingerprint density at radius 2 is 1.92 bits per heavy atom. The van der Waals surface area contributed by atoms with Crippen LogP contribution >= 0.6 is 24.0 Å². The van der Waals surface area contributed by atoms with Gasteiger partial charge in [-0.25, -0.2) is 4.99 Å². The van der Waals surface area contributed by atoms with Gasteiger partial charge in [0.2, 0.25) is 0 Å². The Labute approximate surface area is 166 Å². The SMILES string of the molecule is Cl.NC1=NC(C2CCCCC2)NC(=NCCCOc2ccc(Cl)cc2)N1. The van der Waals surface area contributed by atoms with E-state index >= 15 is 0 Å². The fourth-order valence-corrected chi connectivity index (χ4v) is 3.37. The summed E-state index contributed by atoms with van der Waals surface area (Å²) in [4.78, 5) is 9.06. The number of guanidine groups is 2. The molecule has 0 aromatic heterocycles. The van der Waals surface area contributed by atoms with Gasteiger partial charge < -0.3 is 15.8 Å². The third-order valence-electron chi connectivity index (χ3n) is 4.56. The zero-order valence-electron chi connectivity index (χ0n) is 14.8. The van der Waals surface area contributed by atoms with E-state index in [1.165, 1.54) is 32.1 Å². The summed E-state index contributed by atoms with van der Waals surface area (Å²) >= 11 is 5.85. The highest BCUT2D eigenvalue weighted by atomic mass is 35.5. The molecule has 3 rings (SSSR count). The molecule has 1 heterocycles. The number of rotatable bonds is 6.